The van der Waals surface area contributed by atoms with Crippen LogP contribution in [0.3, 0.4) is 0 Å². The molecule has 35 heavy (non-hydrogen) atoms. The van der Waals surface area contributed by atoms with E-state index >= 15 is 0 Å². The van der Waals surface area contributed by atoms with Gasteiger partial charge >= 0.3 is 189 Å². The number of furan rings is 1. The molecule has 0 saturated heterocycles. The zero-order valence-electron chi connectivity index (χ0n) is 19.5. The molecule has 0 aliphatic carbocycles. The van der Waals surface area contributed by atoms with E-state index in [0.29, 0.717) is 25.3 Å². The van der Waals surface area contributed by atoms with Gasteiger partial charge in [0.05, 0.1) is 6.26 Å². The van der Waals surface area contributed by atoms with E-state index in [-0.39, 0.29) is 33.9 Å². The number of aliphatic hydroxyl groups is 1. The van der Waals surface area contributed by atoms with Crippen molar-refractivity contribution < 1.29 is 14.3 Å². The summed E-state index contributed by atoms with van der Waals surface area (Å²) < 4.78 is 12.5. The Morgan fingerprint density at radius 3 is 2.63 bits per heavy atom. The van der Waals surface area contributed by atoms with E-state index in [1.807, 2.05) is 36.4 Å². The van der Waals surface area contributed by atoms with Crippen LogP contribution in [0.25, 0.3) is 11.3 Å². The van der Waals surface area contributed by atoms with E-state index in [1.54, 1.807) is 16.9 Å². The Morgan fingerprint density at radius 1 is 1.03 bits per heavy atom. The molecular weight excluding hydrogens is 505 g/mol. The Morgan fingerprint density at radius 2 is 1.89 bits per heavy atom. The van der Waals surface area contributed by atoms with Crippen LogP contribution in [0.5, 0.6) is 5.75 Å². The van der Waals surface area contributed by atoms with Crippen LogP contribution in [0, 0.1) is 0 Å². The molecule has 1 atom stereocenters. The van der Waals surface area contributed by atoms with Gasteiger partial charge in [0.25, 0.3) is 0 Å². The summed E-state index contributed by atoms with van der Waals surface area (Å²) >= 11 is -0.266. The van der Waals surface area contributed by atoms with Gasteiger partial charge in [0.1, 0.15) is 0 Å². The molecule has 0 amide bonds. The number of aliphatic hydroxyl groups excluding tert-OH is 1. The molecule has 0 fully saturated rings. The first-order valence-electron chi connectivity index (χ1n) is 11.6. The number of nitrogen functional groups attached to an aromatic ring is 1. The molecular formula is C27H30AsN3O4. The number of anilines is 1. The first kappa shape index (κ1) is 24.8. The fraction of sp³-hybridized carbons (Fsp3) is 0.259. The van der Waals surface area contributed by atoms with Crippen LogP contribution in [-0.4, -0.2) is 43.6 Å². The number of nitrogens with zero attached hydrogens (tertiary/aromatic N) is 2. The Hall–Kier alpha value is -3.28. The topological polar surface area (TPSA) is 104 Å². The van der Waals surface area contributed by atoms with Crippen LogP contribution in [0.2, 0.25) is 5.21 Å². The second-order valence-corrected chi connectivity index (χ2v) is 11.0. The number of aromatic nitrogens is 2. The second-order valence-electron chi connectivity index (χ2n) is 8.17. The van der Waals surface area contributed by atoms with Gasteiger partial charge in [-0.3, -0.25) is 0 Å². The fourth-order valence-electron chi connectivity index (χ4n) is 3.81. The van der Waals surface area contributed by atoms with Crippen molar-refractivity contribution in [3.05, 3.63) is 100 Å². The van der Waals surface area contributed by atoms with E-state index in [1.165, 1.54) is 5.56 Å². The van der Waals surface area contributed by atoms with Gasteiger partial charge in [0.2, 0.25) is 0 Å². The number of aryl methyl sites for hydroxylation is 2. The number of rotatable bonds is 12. The van der Waals surface area contributed by atoms with Gasteiger partial charge in [-0.2, -0.15) is 0 Å². The van der Waals surface area contributed by atoms with Crippen molar-refractivity contribution in [2.75, 3.05) is 18.9 Å². The molecule has 8 heteroatoms. The summed E-state index contributed by atoms with van der Waals surface area (Å²) in [5.41, 5.74) is 10.2. The van der Waals surface area contributed by atoms with Crippen LogP contribution in [0.4, 0.5) is 5.95 Å². The van der Waals surface area contributed by atoms with Crippen molar-refractivity contribution in [1.82, 2.24) is 9.55 Å². The van der Waals surface area contributed by atoms with Gasteiger partial charge in [-0.1, -0.05) is 0 Å². The average molecular weight is 535 g/mol. The van der Waals surface area contributed by atoms with Gasteiger partial charge in [-0.25, -0.2) is 0 Å². The molecule has 0 aliphatic rings. The summed E-state index contributed by atoms with van der Waals surface area (Å²) in [4.78, 5) is 17.2. The minimum absolute atomic E-state index is 0.00663. The Labute approximate surface area is 211 Å². The van der Waals surface area contributed by atoms with Crippen molar-refractivity contribution in [2.24, 2.45) is 0 Å². The predicted octanol–water partition coefficient (Wildman–Crippen LogP) is 3.30. The fourth-order valence-corrected chi connectivity index (χ4v) is 6.08. The summed E-state index contributed by atoms with van der Waals surface area (Å²) in [6.45, 7) is 0.905. The SMILES string of the molecule is Nc1nc(CCc2cccc(-c3ccco3)c2)cc(=O)n1CC[AsH]Cc1ccc(OCCO)cc1. The van der Waals surface area contributed by atoms with Crippen LogP contribution in [0.1, 0.15) is 16.8 Å². The van der Waals surface area contributed by atoms with Crippen molar-refractivity contribution in [2.45, 2.75) is 29.8 Å². The Bertz CT molecular complexity index is 1270. The molecule has 2 heterocycles. The van der Waals surface area contributed by atoms with Gasteiger partial charge in [-0.05, 0) is 12.1 Å². The molecule has 0 radical (unpaired) electrons. The van der Waals surface area contributed by atoms with E-state index in [4.69, 9.17) is 20.0 Å². The van der Waals surface area contributed by atoms with Crippen LogP contribution in [0.15, 0.2) is 82.2 Å². The van der Waals surface area contributed by atoms with Crippen molar-refractivity contribution in [1.29, 1.82) is 0 Å². The van der Waals surface area contributed by atoms with Gasteiger partial charge in [-0.15, -0.1) is 0 Å². The third-order valence-electron chi connectivity index (χ3n) is 5.62. The van der Waals surface area contributed by atoms with Crippen molar-refractivity contribution in [3.63, 3.8) is 0 Å². The first-order chi connectivity index (χ1) is 17.1. The summed E-state index contributed by atoms with van der Waals surface area (Å²) in [7, 11) is 0. The molecule has 182 valence electrons. The van der Waals surface area contributed by atoms with Crippen molar-refractivity contribution >= 4 is 21.7 Å². The summed E-state index contributed by atoms with van der Waals surface area (Å²) in [6.07, 6.45) is 3.08. The maximum atomic E-state index is 12.7. The third-order valence-corrected chi connectivity index (χ3v) is 8.21. The van der Waals surface area contributed by atoms with Crippen molar-refractivity contribution in [3.8, 4) is 17.1 Å². The van der Waals surface area contributed by atoms with E-state index < -0.39 is 0 Å². The maximum absolute atomic E-state index is 12.7. The third kappa shape index (κ3) is 7.10. The quantitative estimate of drug-likeness (QED) is 0.213. The van der Waals surface area contributed by atoms with E-state index in [9.17, 15) is 4.79 Å². The molecule has 3 N–H and O–H groups in total. The normalized spacial score (nSPS) is 11.3. The zero-order valence-corrected chi connectivity index (χ0v) is 21.6. The monoisotopic (exact) mass is 535 g/mol. The van der Waals surface area contributed by atoms with Crippen LogP contribution in [-0.2, 0) is 24.6 Å². The van der Waals surface area contributed by atoms with Gasteiger partial charge in [0.15, 0.2) is 0 Å². The summed E-state index contributed by atoms with van der Waals surface area (Å²) in [5.74, 6) is 1.89. The van der Waals surface area contributed by atoms with Crippen LogP contribution < -0.4 is 16.0 Å². The molecule has 1 unspecified atom stereocenters. The molecule has 2 aromatic carbocycles. The number of nitrogens with two attached hydrogens (primary N) is 1. The predicted molar refractivity (Wildman–Crippen MR) is 139 cm³/mol. The summed E-state index contributed by atoms with van der Waals surface area (Å²) in [6, 6.07) is 21.6. The molecule has 0 bridgehead atoms. The number of ether oxygens (including phenoxy) is 1. The van der Waals surface area contributed by atoms with Gasteiger partial charge < -0.3 is 4.42 Å². The first-order valence-corrected chi connectivity index (χ1v) is 14.6. The average Bonchev–Trinajstić information content (AvgIpc) is 3.41. The standard InChI is InChI=1S/C27H30AsN3O4/c29-27-30-23(9-6-20-3-1-4-22(17-20)25-5-2-15-35-25)18-26(33)31(27)13-12-28-19-21-7-10-24(11-8-21)34-16-14-32/h1-5,7-8,10-11,15,17-18,28,32H,6,9,12-14,16,19H2,(H2,29,30). The minimum atomic E-state index is -0.266. The number of hydrogen-bond donors (Lipinski definition) is 2. The summed E-state index contributed by atoms with van der Waals surface area (Å²) in [5, 5.41) is 10.8. The van der Waals surface area contributed by atoms with E-state index in [0.717, 1.165) is 39.5 Å². The number of benzene rings is 2. The molecule has 0 aliphatic heterocycles. The zero-order chi connectivity index (χ0) is 24.5. The molecule has 0 spiro atoms. The van der Waals surface area contributed by atoms with E-state index in [2.05, 4.69) is 29.2 Å². The second kappa shape index (κ2) is 12.4. The number of hydrogen-bond acceptors (Lipinski definition) is 6. The molecule has 7 nitrogen and oxygen atoms in total. The molecule has 2 aromatic heterocycles. The molecule has 4 rings (SSSR count). The Kier molecular flexibility index (Phi) is 8.82. The molecule has 0 saturated carbocycles. The van der Waals surface area contributed by atoms with Crippen LogP contribution >= 0.6 is 0 Å². The Balaban J connectivity index is 1.28. The molecule has 4 aromatic rings. The van der Waals surface area contributed by atoms with Gasteiger partial charge in [0, 0.05) is 0 Å².